The van der Waals surface area contributed by atoms with Gasteiger partial charge in [-0.05, 0) is 51.7 Å². The smallest absolute Gasteiger partial charge is 0.261 e. The molecule has 0 radical (unpaired) electrons. The summed E-state index contributed by atoms with van der Waals surface area (Å²) in [4.78, 5) is 11.7. The molecule has 0 aliphatic carbocycles. The summed E-state index contributed by atoms with van der Waals surface area (Å²) >= 11 is 0. The van der Waals surface area contributed by atoms with Crippen LogP contribution in [0.4, 0.5) is 10.2 Å². The van der Waals surface area contributed by atoms with Crippen LogP contribution in [0, 0.1) is 19.7 Å². The largest absolute Gasteiger partial charge is 0.514 e. The zero-order chi connectivity index (χ0) is 25.6. The molecule has 2 fully saturated rings. The lowest BCUT2D eigenvalue weighted by molar-refractivity contribution is 0.185. The third-order valence-corrected chi connectivity index (χ3v) is 6.97. The lowest BCUT2D eigenvalue weighted by atomic mass is 9.52. The molecule has 2 aliphatic heterocycles. The molecule has 5 rings (SSSR count). The van der Waals surface area contributed by atoms with Crippen molar-refractivity contribution in [2.24, 2.45) is 0 Å². The predicted octanol–water partition coefficient (Wildman–Crippen LogP) is 0.666. The summed E-state index contributed by atoms with van der Waals surface area (Å²) in [5.41, 5.74) is 1.91. The normalized spacial score (nSPS) is 22.9. The number of nitrogens with one attached hydrogen (secondary N) is 1. The highest BCUT2D eigenvalue weighted by Crippen LogP contribution is 2.40. The number of nitrogens with zero attached hydrogens (tertiary/aromatic N) is 4. The first-order valence-corrected chi connectivity index (χ1v) is 12.8. The summed E-state index contributed by atoms with van der Waals surface area (Å²) in [5.74, 6) is 1.68. The molecule has 1 N–H and O–H groups in total. The van der Waals surface area contributed by atoms with Gasteiger partial charge in [0.25, 0.3) is 5.89 Å². The van der Waals surface area contributed by atoms with Gasteiger partial charge in [0.1, 0.15) is 40.6 Å². The second kappa shape index (κ2) is 9.70. The lowest BCUT2D eigenvalue weighted by Gasteiger charge is -2.40. The van der Waals surface area contributed by atoms with Crippen LogP contribution < -0.4 is 15.0 Å². The maximum absolute atomic E-state index is 15.4. The zero-order valence-electron chi connectivity index (χ0n) is 22.0. The van der Waals surface area contributed by atoms with E-state index < -0.39 is 11.1 Å². The highest BCUT2D eigenvalue weighted by molar-refractivity contribution is 6.58. The van der Waals surface area contributed by atoms with E-state index in [1.165, 1.54) is 6.07 Å². The van der Waals surface area contributed by atoms with Gasteiger partial charge in [0.15, 0.2) is 11.6 Å². The van der Waals surface area contributed by atoms with Crippen LogP contribution in [0.5, 0.6) is 5.75 Å². The van der Waals surface area contributed by atoms with Crippen molar-refractivity contribution in [2.45, 2.75) is 63.5 Å². The maximum atomic E-state index is 15.4. The van der Waals surface area contributed by atoms with Gasteiger partial charge in [0, 0.05) is 48.0 Å². The van der Waals surface area contributed by atoms with Gasteiger partial charge in [0.2, 0.25) is 0 Å². The average Bonchev–Trinajstić information content (AvgIpc) is 3.45. The van der Waals surface area contributed by atoms with Crippen LogP contribution in [-0.2, 0) is 4.74 Å². The topological polar surface area (TPSA) is 85.5 Å². The molecular formula is C24H33B3FN5O3. The molecule has 1 aromatic carbocycles. The average molecular weight is 491 g/mol. The van der Waals surface area contributed by atoms with Gasteiger partial charge in [-0.3, -0.25) is 0 Å². The van der Waals surface area contributed by atoms with Gasteiger partial charge in [-0.2, -0.15) is 4.98 Å². The number of hydrogen-bond acceptors (Lipinski definition) is 8. The first-order chi connectivity index (χ1) is 17.1. The summed E-state index contributed by atoms with van der Waals surface area (Å²) in [5, 5.41) is 8.00. The van der Waals surface area contributed by atoms with Gasteiger partial charge < -0.3 is 24.2 Å². The van der Waals surface area contributed by atoms with Gasteiger partial charge in [-0.1, -0.05) is 5.16 Å². The Morgan fingerprint density at radius 2 is 1.97 bits per heavy atom. The van der Waals surface area contributed by atoms with E-state index in [4.69, 9.17) is 19.0 Å². The fraction of sp³-hybridized carbons (Fsp3) is 0.542. The molecule has 36 heavy (non-hydrogen) atoms. The van der Waals surface area contributed by atoms with Gasteiger partial charge in [0.05, 0.1) is 12.2 Å². The molecule has 188 valence electrons. The van der Waals surface area contributed by atoms with E-state index in [2.05, 4.69) is 27.3 Å². The number of piperidine rings is 1. The van der Waals surface area contributed by atoms with Crippen molar-refractivity contribution in [2.75, 3.05) is 24.7 Å². The van der Waals surface area contributed by atoms with Crippen molar-refractivity contribution in [1.82, 2.24) is 20.4 Å². The summed E-state index contributed by atoms with van der Waals surface area (Å²) in [6, 6.07) is 4.30. The number of pyridine rings is 1. The number of hydrogen-bond donors (Lipinski definition) is 1. The molecule has 0 spiro atoms. The van der Waals surface area contributed by atoms with E-state index in [1.54, 1.807) is 6.92 Å². The number of aromatic nitrogens is 3. The van der Waals surface area contributed by atoms with E-state index >= 15 is 4.39 Å². The minimum absolute atomic E-state index is 0.192. The van der Waals surface area contributed by atoms with Gasteiger partial charge in [-0.15, -0.1) is 0 Å². The fourth-order valence-corrected chi connectivity index (χ4v) is 5.35. The van der Waals surface area contributed by atoms with Crippen molar-refractivity contribution in [3.63, 3.8) is 0 Å². The minimum atomic E-state index is -0.452. The molecule has 3 atom stereocenters. The quantitative estimate of drug-likeness (QED) is 0.505. The molecule has 4 heterocycles. The Bertz CT molecular complexity index is 1260. The Kier molecular flexibility index (Phi) is 6.76. The predicted molar refractivity (Wildman–Crippen MR) is 146 cm³/mol. The summed E-state index contributed by atoms with van der Waals surface area (Å²) < 4.78 is 32.6. The molecule has 12 heteroatoms. The van der Waals surface area contributed by atoms with Crippen molar-refractivity contribution in [3.05, 3.63) is 29.3 Å². The fourth-order valence-electron chi connectivity index (χ4n) is 5.35. The maximum Gasteiger partial charge on any atom is 0.261 e. The van der Waals surface area contributed by atoms with Crippen molar-refractivity contribution >= 4 is 40.3 Å². The SMILES string of the molecule is BC(B)(B)Oc1cc(F)c2nc(N3CC[C@@H](N[C@@H]4CCOC4)C[C@H]3C)c(-c3nc(C)no3)c(C)c2c1. The molecule has 8 nitrogen and oxygen atoms in total. The third-order valence-electron chi connectivity index (χ3n) is 6.97. The van der Waals surface area contributed by atoms with E-state index in [9.17, 15) is 0 Å². The van der Waals surface area contributed by atoms with Crippen LogP contribution in [0.2, 0.25) is 0 Å². The van der Waals surface area contributed by atoms with Crippen molar-refractivity contribution in [1.29, 1.82) is 0 Å². The second-order valence-corrected chi connectivity index (χ2v) is 11.1. The van der Waals surface area contributed by atoms with E-state index in [0.29, 0.717) is 46.3 Å². The Balaban J connectivity index is 1.56. The van der Waals surface area contributed by atoms with Crippen LogP contribution in [0.3, 0.4) is 0 Å². The molecule has 0 amide bonds. The van der Waals surface area contributed by atoms with E-state index in [1.807, 2.05) is 36.5 Å². The second-order valence-electron chi connectivity index (χ2n) is 11.1. The molecular weight excluding hydrogens is 458 g/mol. The Labute approximate surface area is 213 Å². The first kappa shape index (κ1) is 25.1. The van der Waals surface area contributed by atoms with Crippen LogP contribution in [0.25, 0.3) is 22.4 Å². The number of anilines is 1. The van der Waals surface area contributed by atoms with Crippen LogP contribution >= 0.6 is 0 Å². The van der Waals surface area contributed by atoms with Gasteiger partial charge >= 0.3 is 0 Å². The minimum Gasteiger partial charge on any atom is -0.514 e. The molecule has 2 saturated heterocycles. The highest BCUT2D eigenvalue weighted by atomic mass is 19.1. The number of benzene rings is 1. The van der Waals surface area contributed by atoms with E-state index in [-0.39, 0.29) is 6.04 Å². The lowest BCUT2D eigenvalue weighted by Crippen LogP contribution is -2.50. The Morgan fingerprint density at radius 1 is 1.17 bits per heavy atom. The molecule has 0 saturated carbocycles. The zero-order valence-corrected chi connectivity index (χ0v) is 22.0. The van der Waals surface area contributed by atoms with Crippen LogP contribution in [-0.4, -0.2) is 81.8 Å². The molecule has 2 aromatic heterocycles. The van der Waals surface area contributed by atoms with E-state index in [0.717, 1.165) is 50.1 Å². The number of halogens is 1. The van der Waals surface area contributed by atoms with Gasteiger partial charge in [-0.25, -0.2) is 9.37 Å². The molecule has 0 bridgehead atoms. The van der Waals surface area contributed by atoms with Crippen molar-refractivity contribution < 1.29 is 18.4 Å². The Morgan fingerprint density at radius 3 is 2.61 bits per heavy atom. The van der Waals surface area contributed by atoms with Crippen molar-refractivity contribution in [3.8, 4) is 17.2 Å². The number of fused-ring (bicyclic) bond motifs is 1. The Hall–Kier alpha value is -2.59. The molecule has 3 aromatic rings. The van der Waals surface area contributed by atoms with Crippen LogP contribution in [0.1, 0.15) is 37.6 Å². The third kappa shape index (κ3) is 5.11. The molecule has 0 unspecified atom stereocenters. The standard InChI is InChI=1S/C24H33B3FN5O3/c1-12-8-15(30-16-5-7-34-11-16)4-6-33(12)22-20(23-29-14(3)32-36-23)13(2)18-9-17(35-24(25,26)27)10-19(28)21(18)31-22/h9-10,12,15-16,30H,4-8,11,25-27H2,1-3H3/t12-,15-,16-/m1/s1. The summed E-state index contributed by atoms with van der Waals surface area (Å²) in [7, 11) is 5.82. The number of rotatable bonds is 6. The number of ether oxygens (including phenoxy) is 2. The molecule has 2 aliphatic rings. The highest BCUT2D eigenvalue weighted by Gasteiger charge is 2.32. The first-order valence-electron chi connectivity index (χ1n) is 12.8. The summed E-state index contributed by atoms with van der Waals surface area (Å²) in [6.07, 6.45) is 2.97. The monoisotopic (exact) mass is 491 g/mol. The van der Waals surface area contributed by atoms with Crippen LogP contribution in [0.15, 0.2) is 16.7 Å². The number of aryl methyl sites for hydroxylation is 2. The summed E-state index contributed by atoms with van der Waals surface area (Å²) in [6.45, 7) is 8.34.